The number of hydrogen-bond acceptors (Lipinski definition) is 5. The number of amides is 1. The summed E-state index contributed by atoms with van der Waals surface area (Å²) >= 11 is 0. The molecule has 0 radical (unpaired) electrons. The lowest BCUT2D eigenvalue weighted by molar-refractivity contribution is 0.100. The van der Waals surface area contributed by atoms with Crippen LogP contribution in [0.4, 0.5) is 4.39 Å². The minimum Gasteiger partial charge on any atom is -0.461 e. The number of likely N-dealkylation sites (tertiary alicyclic amines) is 1. The third-order valence-electron chi connectivity index (χ3n) is 4.58. The van der Waals surface area contributed by atoms with Crippen molar-refractivity contribution in [3.8, 4) is 5.88 Å². The number of carbonyl (C=O) groups excluding carboxylic acids is 1. The Morgan fingerprint density at radius 3 is 3.08 bits per heavy atom. The molecule has 26 heavy (non-hydrogen) atoms. The van der Waals surface area contributed by atoms with Gasteiger partial charge in [0, 0.05) is 24.8 Å². The normalized spacial score (nSPS) is 17.7. The van der Waals surface area contributed by atoms with Gasteiger partial charge in [0.05, 0.1) is 6.20 Å². The van der Waals surface area contributed by atoms with E-state index in [2.05, 4.69) is 15.0 Å². The van der Waals surface area contributed by atoms with Crippen LogP contribution in [-0.2, 0) is 0 Å². The molecule has 1 saturated heterocycles. The molecule has 1 aromatic carbocycles. The Morgan fingerprint density at radius 2 is 2.27 bits per heavy atom. The summed E-state index contributed by atoms with van der Waals surface area (Å²) < 4.78 is 20.8. The van der Waals surface area contributed by atoms with E-state index in [1.807, 2.05) is 6.07 Å². The van der Waals surface area contributed by atoms with E-state index in [1.165, 1.54) is 16.8 Å². The molecule has 2 N–H and O–H groups in total. The molecule has 1 atom stereocenters. The quantitative estimate of drug-likeness (QED) is 0.758. The molecule has 8 heteroatoms. The van der Waals surface area contributed by atoms with Crippen molar-refractivity contribution in [3.63, 3.8) is 0 Å². The molecular formula is C18H18FN5O2. The molecule has 0 spiro atoms. The maximum absolute atomic E-state index is 13.5. The largest absolute Gasteiger partial charge is 0.461 e. The first-order valence-corrected chi connectivity index (χ1v) is 8.38. The highest BCUT2D eigenvalue weighted by atomic mass is 19.1. The fourth-order valence-corrected chi connectivity index (χ4v) is 3.33. The second-order valence-corrected chi connectivity index (χ2v) is 6.26. The zero-order valence-corrected chi connectivity index (χ0v) is 14.0. The van der Waals surface area contributed by atoms with Crippen LogP contribution in [0.2, 0.25) is 0 Å². The predicted octanol–water partition coefficient (Wildman–Crippen LogP) is 2.14. The molecule has 0 bridgehead atoms. The van der Waals surface area contributed by atoms with Gasteiger partial charge in [0.2, 0.25) is 5.88 Å². The second kappa shape index (κ2) is 6.72. The molecule has 134 valence electrons. The van der Waals surface area contributed by atoms with Gasteiger partial charge >= 0.3 is 0 Å². The number of primary amides is 1. The van der Waals surface area contributed by atoms with Gasteiger partial charge in [-0.15, -0.1) is 0 Å². The number of aromatic nitrogens is 3. The highest BCUT2D eigenvalue weighted by Crippen LogP contribution is 2.32. The zero-order valence-electron chi connectivity index (χ0n) is 14.0. The van der Waals surface area contributed by atoms with Gasteiger partial charge in [0.15, 0.2) is 5.65 Å². The molecule has 7 nitrogen and oxygen atoms in total. The summed E-state index contributed by atoms with van der Waals surface area (Å²) in [6.07, 6.45) is 5.02. The summed E-state index contributed by atoms with van der Waals surface area (Å²) in [6, 6.07) is 8.46. The number of carbonyl (C=O) groups is 1. The van der Waals surface area contributed by atoms with Crippen LogP contribution < -0.4 is 10.5 Å². The molecule has 4 rings (SSSR count). The molecule has 1 amide bonds. The van der Waals surface area contributed by atoms with E-state index >= 15 is 0 Å². The number of fused-ring (bicyclic) bond motifs is 1. The maximum atomic E-state index is 13.5. The van der Waals surface area contributed by atoms with Gasteiger partial charge in [-0.3, -0.25) is 9.69 Å². The summed E-state index contributed by atoms with van der Waals surface area (Å²) in [5.74, 6) is -0.442. The standard InChI is InChI=1S/C18H18FN5O2/c19-13-4-1-3-12(9-13)15-5-2-7-23(15)11-26-16-6-8-24-18(22-16)14(10-21-24)17(20)25/h1,3-4,6,8-10,15H,2,5,7,11H2,(H2,20,25)/t15-/m1/s1. The first-order chi connectivity index (χ1) is 12.6. The van der Waals surface area contributed by atoms with Gasteiger partial charge in [-0.2, -0.15) is 10.1 Å². The van der Waals surface area contributed by atoms with E-state index in [0.717, 1.165) is 24.9 Å². The molecule has 1 aliphatic heterocycles. The molecule has 0 saturated carbocycles. The molecule has 1 fully saturated rings. The van der Waals surface area contributed by atoms with Crippen molar-refractivity contribution in [2.45, 2.75) is 18.9 Å². The van der Waals surface area contributed by atoms with Crippen molar-refractivity contribution in [2.24, 2.45) is 5.73 Å². The van der Waals surface area contributed by atoms with E-state index in [4.69, 9.17) is 10.5 Å². The van der Waals surface area contributed by atoms with E-state index in [0.29, 0.717) is 18.3 Å². The Hall–Kier alpha value is -3.00. The molecule has 0 aliphatic carbocycles. The Balaban J connectivity index is 1.50. The SMILES string of the molecule is NC(=O)c1cnn2ccc(OCN3CCC[C@@H]3c3cccc(F)c3)nc12. The van der Waals surface area contributed by atoms with Crippen LogP contribution in [0.1, 0.15) is 34.8 Å². The van der Waals surface area contributed by atoms with Crippen LogP contribution in [0.15, 0.2) is 42.7 Å². The van der Waals surface area contributed by atoms with Crippen LogP contribution >= 0.6 is 0 Å². The lowest BCUT2D eigenvalue weighted by Crippen LogP contribution is -2.28. The number of nitrogens with zero attached hydrogens (tertiary/aromatic N) is 4. The average Bonchev–Trinajstić information content (AvgIpc) is 3.26. The van der Waals surface area contributed by atoms with Crippen LogP contribution in [0.25, 0.3) is 5.65 Å². The number of halogens is 1. The molecule has 1 aliphatic rings. The van der Waals surface area contributed by atoms with Crippen molar-refractivity contribution < 1.29 is 13.9 Å². The first-order valence-electron chi connectivity index (χ1n) is 8.38. The van der Waals surface area contributed by atoms with Crippen molar-refractivity contribution in [2.75, 3.05) is 13.3 Å². The Kier molecular flexibility index (Phi) is 4.26. The Labute approximate surface area is 149 Å². The lowest BCUT2D eigenvalue weighted by atomic mass is 10.0. The van der Waals surface area contributed by atoms with Crippen molar-refractivity contribution in [3.05, 3.63) is 59.7 Å². The van der Waals surface area contributed by atoms with Gasteiger partial charge in [0.1, 0.15) is 18.1 Å². The van der Waals surface area contributed by atoms with Gasteiger partial charge in [-0.1, -0.05) is 12.1 Å². The predicted molar refractivity (Wildman–Crippen MR) is 92.1 cm³/mol. The highest BCUT2D eigenvalue weighted by Gasteiger charge is 2.26. The first kappa shape index (κ1) is 16.5. The number of rotatable bonds is 5. The molecule has 3 aromatic rings. The molecule has 0 unspecified atom stereocenters. The number of nitrogens with two attached hydrogens (primary N) is 1. The van der Waals surface area contributed by atoms with Crippen LogP contribution in [-0.4, -0.2) is 38.7 Å². The summed E-state index contributed by atoms with van der Waals surface area (Å²) in [5.41, 5.74) is 6.88. The van der Waals surface area contributed by atoms with Crippen LogP contribution in [0.5, 0.6) is 5.88 Å². The van der Waals surface area contributed by atoms with Gasteiger partial charge in [-0.25, -0.2) is 8.91 Å². The van der Waals surface area contributed by atoms with E-state index in [9.17, 15) is 9.18 Å². The van der Waals surface area contributed by atoms with Gasteiger partial charge in [-0.05, 0) is 30.5 Å². The summed E-state index contributed by atoms with van der Waals surface area (Å²) in [5, 5.41) is 4.03. The fraction of sp³-hybridized carbons (Fsp3) is 0.278. The van der Waals surface area contributed by atoms with Gasteiger partial charge < -0.3 is 10.5 Å². The number of benzene rings is 1. The van der Waals surface area contributed by atoms with Crippen LogP contribution in [0, 0.1) is 5.82 Å². The van der Waals surface area contributed by atoms with Crippen molar-refractivity contribution in [1.29, 1.82) is 0 Å². The second-order valence-electron chi connectivity index (χ2n) is 6.26. The zero-order chi connectivity index (χ0) is 18.1. The van der Waals surface area contributed by atoms with E-state index in [1.54, 1.807) is 24.4 Å². The third-order valence-corrected chi connectivity index (χ3v) is 4.58. The fourth-order valence-electron chi connectivity index (χ4n) is 3.33. The van der Waals surface area contributed by atoms with Crippen molar-refractivity contribution in [1.82, 2.24) is 19.5 Å². The summed E-state index contributed by atoms with van der Waals surface area (Å²) in [6.45, 7) is 1.19. The number of ether oxygens (including phenoxy) is 1. The maximum Gasteiger partial charge on any atom is 0.254 e. The summed E-state index contributed by atoms with van der Waals surface area (Å²) in [4.78, 5) is 17.9. The monoisotopic (exact) mass is 355 g/mol. The smallest absolute Gasteiger partial charge is 0.254 e. The van der Waals surface area contributed by atoms with Crippen molar-refractivity contribution >= 4 is 11.6 Å². The Morgan fingerprint density at radius 1 is 1.38 bits per heavy atom. The average molecular weight is 355 g/mol. The minimum atomic E-state index is -0.588. The Bertz CT molecular complexity index is 958. The topological polar surface area (TPSA) is 85.8 Å². The lowest BCUT2D eigenvalue weighted by Gasteiger charge is -2.24. The van der Waals surface area contributed by atoms with Crippen LogP contribution in [0.3, 0.4) is 0 Å². The van der Waals surface area contributed by atoms with E-state index < -0.39 is 5.91 Å². The molecule has 2 aromatic heterocycles. The summed E-state index contributed by atoms with van der Waals surface area (Å²) in [7, 11) is 0. The van der Waals surface area contributed by atoms with E-state index in [-0.39, 0.29) is 17.4 Å². The minimum absolute atomic E-state index is 0.116. The van der Waals surface area contributed by atoms with Gasteiger partial charge in [0.25, 0.3) is 5.91 Å². The molecular weight excluding hydrogens is 337 g/mol. The highest BCUT2D eigenvalue weighted by molar-refractivity contribution is 5.98. The third kappa shape index (κ3) is 3.11. The number of hydrogen-bond donors (Lipinski definition) is 1. The molecule has 3 heterocycles.